The van der Waals surface area contributed by atoms with Gasteiger partial charge < -0.3 is 38.6 Å². The average Bonchev–Trinajstić information content (AvgIpc) is 4.04. The fourth-order valence-corrected chi connectivity index (χ4v) is 8.32. The molecule has 16 heteroatoms. The second kappa shape index (κ2) is 21.3. The van der Waals surface area contributed by atoms with Gasteiger partial charge in [0.25, 0.3) is 11.1 Å². The second-order valence-electron chi connectivity index (χ2n) is 14.6. The molecular weight excluding hydrogens is 877 g/mol. The van der Waals surface area contributed by atoms with E-state index in [9.17, 15) is 9.90 Å². The molecule has 0 radical (unpaired) electrons. The number of hydrogen-bond acceptors (Lipinski definition) is 15. The molecule has 0 saturated carbocycles. The topological polar surface area (TPSA) is 173 Å². The lowest BCUT2D eigenvalue weighted by Gasteiger charge is -2.36. The number of nitrogens with zero attached hydrogens (tertiary/aromatic N) is 5. The molecule has 0 fully saturated rings. The van der Waals surface area contributed by atoms with Gasteiger partial charge >= 0.3 is 5.97 Å². The highest BCUT2D eigenvalue weighted by molar-refractivity contribution is 7.99. The lowest BCUT2D eigenvalue weighted by molar-refractivity contribution is -0.129. The van der Waals surface area contributed by atoms with E-state index in [0.29, 0.717) is 22.3 Å². The van der Waals surface area contributed by atoms with Crippen LogP contribution in [0.15, 0.2) is 172 Å². The smallest absolute Gasteiger partial charge is 0.360 e. The maximum atomic E-state index is 12.5. The van der Waals surface area contributed by atoms with E-state index in [1.807, 2.05) is 110 Å². The summed E-state index contributed by atoms with van der Waals surface area (Å²) in [7, 11) is 3.24. The largest absolute Gasteiger partial charge is 0.497 e. The van der Waals surface area contributed by atoms with E-state index in [0.717, 1.165) is 39.3 Å². The average molecular weight is 921 g/mol. The normalized spacial score (nSPS) is 12.0. The van der Waals surface area contributed by atoms with Crippen LogP contribution in [0.3, 0.4) is 0 Å². The molecule has 2 N–H and O–H groups in total. The lowest BCUT2D eigenvalue weighted by Crippen LogP contribution is -2.38. The van der Waals surface area contributed by atoms with E-state index in [4.69, 9.17) is 33.2 Å². The monoisotopic (exact) mass is 920 g/mol. The molecule has 3 aromatic heterocycles. The molecule has 0 saturated heterocycles. The number of hydrogen-bond donors (Lipinski definition) is 2. The predicted octanol–water partition coefficient (Wildman–Crippen LogP) is 10.2. The number of aliphatic carboxylic acids is 1. The number of thioether (sulfide) groups is 1. The number of oxime groups is 1. The summed E-state index contributed by atoms with van der Waals surface area (Å²) in [4.78, 5) is 27.4. The van der Waals surface area contributed by atoms with Gasteiger partial charge in [-0.2, -0.15) is 0 Å². The van der Waals surface area contributed by atoms with E-state index >= 15 is 0 Å². The number of thiazole rings is 1. The summed E-state index contributed by atoms with van der Waals surface area (Å²) in [6, 6.07) is 47.0. The molecule has 0 aliphatic rings. The number of carboxylic acids is 1. The van der Waals surface area contributed by atoms with Gasteiger partial charge in [-0.1, -0.05) is 132 Å². The minimum atomic E-state index is -1.29. The summed E-state index contributed by atoms with van der Waals surface area (Å²) in [5, 5.41) is 28.5. The molecule has 0 amide bonds. The van der Waals surface area contributed by atoms with Gasteiger partial charge in [-0.05, 0) is 59.0 Å². The fraction of sp³-hybridized carbons (Fsp3) is 0.160. The fourth-order valence-electron chi connectivity index (χ4n) is 6.88. The van der Waals surface area contributed by atoms with Crippen LogP contribution >= 0.6 is 23.1 Å². The van der Waals surface area contributed by atoms with Crippen LogP contribution in [0.2, 0.25) is 0 Å². The minimum absolute atomic E-state index is 0.0232. The zero-order chi connectivity index (χ0) is 45.7. The van der Waals surface area contributed by atoms with Gasteiger partial charge in [0, 0.05) is 16.7 Å². The SMILES string of the molecule is COc1ccc(COc2cnc(-c3nnc(SC(C)CO/N=C(\C(=O)O)c4csc(NC(c5ccccc5)(c5ccccc5)c5ccccc5)n4)o3)cc2OCc2ccc(OC)cc2)cc1. The number of aromatic nitrogens is 4. The van der Waals surface area contributed by atoms with Crippen LogP contribution in [0.25, 0.3) is 11.6 Å². The molecule has 1 atom stereocenters. The van der Waals surface area contributed by atoms with E-state index in [2.05, 4.69) is 62.1 Å². The van der Waals surface area contributed by atoms with Crippen LogP contribution in [0.5, 0.6) is 23.0 Å². The molecule has 8 aromatic rings. The molecule has 0 aliphatic carbocycles. The first kappa shape index (κ1) is 44.9. The van der Waals surface area contributed by atoms with Crippen molar-refractivity contribution in [2.45, 2.75) is 36.1 Å². The van der Waals surface area contributed by atoms with Crippen LogP contribution in [0.1, 0.15) is 40.4 Å². The van der Waals surface area contributed by atoms with Crippen molar-refractivity contribution < 1.29 is 38.1 Å². The molecule has 0 aliphatic heterocycles. The number of pyridine rings is 1. The Kier molecular flexibility index (Phi) is 14.5. The van der Waals surface area contributed by atoms with E-state index in [1.165, 1.54) is 23.1 Å². The number of methoxy groups -OCH3 is 2. The highest BCUT2D eigenvalue weighted by Crippen LogP contribution is 2.41. The summed E-state index contributed by atoms with van der Waals surface area (Å²) < 4.78 is 29.0. The first-order valence-corrected chi connectivity index (χ1v) is 22.4. The quantitative estimate of drug-likeness (QED) is 0.0302. The van der Waals surface area contributed by atoms with Crippen molar-refractivity contribution in [1.82, 2.24) is 20.2 Å². The van der Waals surface area contributed by atoms with Gasteiger partial charge in [0.15, 0.2) is 16.6 Å². The van der Waals surface area contributed by atoms with Crippen molar-refractivity contribution in [3.05, 3.63) is 191 Å². The number of rotatable bonds is 21. The zero-order valence-corrected chi connectivity index (χ0v) is 37.7. The Balaban J connectivity index is 0.943. The summed E-state index contributed by atoms with van der Waals surface area (Å²) in [5.41, 5.74) is 4.13. The molecule has 334 valence electrons. The first-order valence-electron chi connectivity index (χ1n) is 20.7. The van der Waals surface area contributed by atoms with Crippen molar-refractivity contribution in [1.29, 1.82) is 0 Å². The maximum Gasteiger partial charge on any atom is 0.360 e. The second-order valence-corrected chi connectivity index (χ2v) is 16.9. The third kappa shape index (κ3) is 10.8. The molecule has 5 aromatic carbocycles. The van der Waals surface area contributed by atoms with Crippen molar-refractivity contribution >= 4 is 39.9 Å². The molecular formula is C50H44N6O8S2. The van der Waals surface area contributed by atoms with Gasteiger partial charge in [0.2, 0.25) is 5.71 Å². The van der Waals surface area contributed by atoms with Crippen LogP contribution in [-0.2, 0) is 28.4 Å². The van der Waals surface area contributed by atoms with Gasteiger partial charge in [0.05, 0.1) is 20.4 Å². The Morgan fingerprint density at radius 3 is 1.85 bits per heavy atom. The Labute approximate surface area is 389 Å². The molecule has 66 heavy (non-hydrogen) atoms. The minimum Gasteiger partial charge on any atom is -0.497 e. The van der Waals surface area contributed by atoms with Crippen molar-refractivity contribution in [2.24, 2.45) is 5.16 Å². The van der Waals surface area contributed by atoms with E-state index < -0.39 is 11.5 Å². The highest BCUT2D eigenvalue weighted by Gasteiger charge is 2.37. The first-order chi connectivity index (χ1) is 32.3. The van der Waals surface area contributed by atoms with Crippen molar-refractivity contribution in [2.75, 3.05) is 26.1 Å². The van der Waals surface area contributed by atoms with Crippen LogP contribution in [-0.4, -0.2) is 63.0 Å². The maximum absolute atomic E-state index is 12.5. The number of anilines is 1. The standard InChI is InChI=1S/C50H44N6O8S2/c1-33(29-63-56-45(47(57)58)42-32-65-48(52-42)53-50(36-13-7-4-8-14-36,37-15-9-5-10-16-37)38-17-11-6-12-18-38)66-49-55-54-46(64-49)41-27-43(61-30-34-19-23-39(59-2)24-20-34)44(28-51-41)62-31-35-21-25-40(60-3)26-22-35/h4-28,32-33H,29-31H2,1-3H3,(H,52,53)(H,57,58)/b56-45-. The number of benzene rings is 5. The third-order valence-corrected chi connectivity index (χ3v) is 11.9. The summed E-state index contributed by atoms with van der Waals surface area (Å²) in [5.74, 6) is 1.22. The van der Waals surface area contributed by atoms with E-state index in [1.54, 1.807) is 31.9 Å². The summed E-state index contributed by atoms with van der Waals surface area (Å²) in [6.45, 7) is 2.41. The van der Waals surface area contributed by atoms with Crippen molar-refractivity contribution in [3.63, 3.8) is 0 Å². The van der Waals surface area contributed by atoms with E-state index in [-0.39, 0.29) is 47.6 Å². The number of ether oxygens (including phenoxy) is 4. The molecule has 14 nitrogen and oxygen atoms in total. The summed E-state index contributed by atoms with van der Waals surface area (Å²) in [6.07, 6.45) is 1.56. The Hall–Kier alpha value is -7.69. The summed E-state index contributed by atoms with van der Waals surface area (Å²) >= 11 is 2.51. The Morgan fingerprint density at radius 1 is 0.773 bits per heavy atom. The number of carboxylic acid groups (broad SMARTS) is 1. The predicted molar refractivity (Wildman–Crippen MR) is 253 cm³/mol. The molecule has 0 spiro atoms. The van der Waals surface area contributed by atoms with Crippen LogP contribution < -0.4 is 24.3 Å². The molecule has 1 unspecified atom stereocenters. The molecule has 8 rings (SSSR count). The van der Waals surface area contributed by atoms with Crippen LogP contribution in [0.4, 0.5) is 5.13 Å². The van der Waals surface area contributed by atoms with Gasteiger partial charge in [-0.3, -0.25) is 0 Å². The van der Waals surface area contributed by atoms with Gasteiger partial charge in [-0.15, -0.1) is 21.5 Å². The van der Waals surface area contributed by atoms with Crippen LogP contribution in [0, 0.1) is 0 Å². The Bertz CT molecular complexity index is 2750. The lowest BCUT2D eigenvalue weighted by atomic mass is 9.77. The number of carbonyl (C=O) groups is 1. The number of nitrogens with one attached hydrogen (secondary N) is 1. The third-order valence-electron chi connectivity index (χ3n) is 10.2. The van der Waals surface area contributed by atoms with Gasteiger partial charge in [-0.25, -0.2) is 14.8 Å². The highest BCUT2D eigenvalue weighted by atomic mass is 32.2. The Morgan fingerprint density at radius 2 is 1.32 bits per heavy atom. The van der Waals surface area contributed by atoms with Crippen molar-refractivity contribution in [3.8, 4) is 34.6 Å². The zero-order valence-electron chi connectivity index (χ0n) is 36.1. The van der Waals surface area contributed by atoms with Gasteiger partial charge in [0.1, 0.15) is 48.2 Å². The molecule has 0 bridgehead atoms. The molecule has 3 heterocycles.